The molecule has 0 aromatic heterocycles. The normalized spacial score (nSPS) is 10.1. The molecule has 0 spiro atoms. The summed E-state index contributed by atoms with van der Waals surface area (Å²) in [5.41, 5.74) is 8.47. The second-order valence-corrected chi connectivity index (χ2v) is 2.52. The average Bonchev–Trinajstić information content (AvgIpc) is 2.15. The van der Waals surface area contributed by atoms with E-state index < -0.39 is 5.82 Å². The molecular weight excluding hydrogens is 185 g/mol. The van der Waals surface area contributed by atoms with Gasteiger partial charge in [0.15, 0.2) is 0 Å². The number of phenolic OH excluding ortho intramolecular Hbond substituents is 1. The minimum atomic E-state index is -0.491. The van der Waals surface area contributed by atoms with Crippen LogP contribution in [-0.2, 0) is 0 Å². The molecule has 0 aliphatic rings. The fraction of sp³-hybridized carbons (Fsp3) is 0.111. The summed E-state index contributed by atoms with van der Waals surface area (Å²) >= 11 is 0. The van der Waals surface area contributed by atoms with Crippen LogP contribution in [0.3, 0.4) is 0 Å². The third kappa shape index (κ3) is 2.80. The van der Waals surface area contributed by atoms with Gasteiger partial charge in [0, 0.05) is 23.1 Å². The van der Waals surface area contributed by atoms with Gasteiger partial charge in [-0.2, -0.15) is 0 Å². The maximum atomic E-state index is 12.5. The van der Waals surface area contributed by atoms with Crippen LogP contribution in [0.5, 0.6) is 5.75 Å². The summed E-state index contributed by atoms with van der Waals surface area (Å²) in [7, 11) is 0. The van der Waals surface area contributed by atoms with Gasteiger partial charge in [0.05, 0.1) is 0 Å². The van der Waals surface area contributed by atoms with E-state index in [0.29, 0.717) is 5.56 Å². The van der Waals surface area contributed by atoms with Gasteiger partial charge in [-0.1, -0.05) is 17.3 Å². The molecule has 0 fully saturated rings. The molecule has 0 aliphatic carbocycles. The number of halogens is 1. The first-order valence-electron chi connectivity index (χ1n) is 3.90. The smallest absolute Gasteiger partial charge is 0.126 e. The summed E-state index contributed by atoms with van der Waals surface area (Å²) in [5, 5.41) is 12.5. The van der Waals surface area contributed by atoms with E-state index in [2.05, 4.69) is 10.0 Å². The van der Waals surface area contributed by atoms with Crippen molar-refractivity contribution < 1.29 is 9.50 Å². The van der Waals surface area contributed by atoms with Gasteiger partial charge in [0.2, 0.25) is 0 Å². The Labute approximate surface area is 79.9 Å². The lowest BCUT2D eigenvalue weighted by Gasteiger charge is -1.97. The second kappa shape index (κ2) is 4.89. The van der Waals surface area contributed by atoms with Crippen molar-refractivity contribution in [3.63, 3.8) is 0 Å². The average molecular weight is 193 g/mol. The summed E-state index contributed by atoms with van der Waals surface area (Å²) < 4.78 is 12.5. The Morgan fingerprint density at radius 1 is 1.57 bits per heavy atom. The van der Waals surface area contributed by atoms with Crippen molar-refractivity contribution in [1.82, 2.24) is 0 Å². The molecule has 0 aliphatic heterocycles. The summed E-state index contributed by atoms with van der Waals surface area (Å²) in [4.78, 5) is 2.55. The molecule has 0 heterocycles. The van der Waals surface area contributed by atoms with E-state index in [1.165, 1.54) is 12.1 Å². The number of rotatable bonds is 3. The van der Waals surface area contributed by atoms with E-state index in [1.54, 1.807) is 12.2 Å². The maximum absolute atomic E-state index is 12.5. The topological polar surface area (TPSA) is 69.0 Å². The van der Waals surface area contributed by atoms with Crippen LogP contribution in [0.2, 0.25) is 0 Å². The Hall–Kier alpha value is -2.00. The Morgan fingerprint density at radius 3 is 3.00 bits per heavy atom. The molecule has 5 heteroatoms. The van der Waals surface area contributed by atoms with Crippen LogP contribution < -0.4 is 0 Å². The standard InChI is InChI=1S/C9H8FN3O/c10-8-4-3-7(9(14)6-8)2-1-5-12-13-11/h1-4,6,14H,5H2. The van der Waals surface area contributed by atoms with Gasteiger partial charge >= 0.3 is 0 Å². The fourth-order valence-corrected chi connectivity index (χ4v) is 0.921. The van der Waals surface area contributed by atoms with Crippen molar-refractivity contribution in [2.24, 2.45) is 5.11 Å². The van der Waals surface area contributed by atoms with Crippen LogP contribution in [0.4, 0.5) is 4.39 Å². The highest BCUT2D eigenvalue weighted by Gasteiger charge is 1.97. The highest BCUT2D eigenvalue weighted by molar-refractivity contribution is 5.56. The van der Waals surface area contributed by atoms with Crippen molar-refractivity contribution >= 4 is 6.08 Å². The molecule has 1 N–H and O–H groups in total. The molecule has 0 atom stereocenters. The molecule has 72 valence electrons. The number of phenols is 1. The first-order valence-corrected chi connectivity index (χ1v) is 3.90. The first-order chi connectivity index (χ1) is 6.74. The van der Waals surface area contributed by atoms with E-state index >= 15 is 0 Å². The number of aromatic hydroxyl groups is 1. The van der Waals surface area contributed by atoms with Crippen LogP contribution in [-0.4, -0.2) is 11.7 Å². The minimum absolute atomic E-state index is 0.137. The Bertz CT molecular complexity index is 397. The number of nitrogens with zero attached hydrogens (tertiary/aromatic N) is 3. The van der Waals surface area contributed by atoms with E-state index in [-0.39, 0.29) is 12.3 Å². The first kappa shape index (κ1) is 10.1. The molecule has 1 aromatic carbocycles. The molecule has 4 nitrogen and oxygen atoms in total. The number of benzene rings is 1. The molecule has 0 amide bonds. The molecule has 0 saturated carbocycles. The molecule has 0 unspecified atom stereocenters. The van der Waals surface area contributed by atoms with Crippen molar-refractivity contribution in [3.05, 3.63) is 46.1 Å². The molecule has 0 saturated heterocycles. The third-order valence-corrected chi connectivity index (χ3v) is 1.54. The lowest BCUT2D eigenvalue weighted by molar-refractivity contribution is 0.468. The largest absolute Gasteiger partial charge is 0.507 e. The van der Waals surface area contributed by atoms with Crippen LogP contribution in [0.25, 0.3) is 16.5 Å². The van der Waals surface area contributed by atoms with Gasteiger partial charge in [-0.25, -0.2) is 4.39 Å². The number of hydrogen-bond donors (Lipinski definition) is 1. The maximum Gasteiger partial charge on any atom is 0.126 e. The zero-order chi connectivity index (χ0) is 10.4. The van der Waals surface area contributed by atoms with E-state index in [4.69, 9.17) is 5.53 Å². The Balaban J connectivity index is 2.76. The molecule has 1 aromatic rings. The summed E-state index contributed by atoms with van der Waals surface area (Å²) in [6.07, 6.45) is 3.14. The summed E-state index contributed by atoms with van der Waals surface area (Å²) in [6, 6.07) is 3.71. The predicted octanol–water partition coefficient (Wildman–Crippen LogP) is 2.85. The van der Waals surface area contributed by atoms with Gasteiger partial charge in [-0.15, -0.1) is 0 Å². The zero-order valence-corrected chi connectivity index (χ0v) is 7.26. The molecule has 1 rings (SSSR count). The molecule has 14 heavy (non-hydrogen) atoms. The van der Waals surface area contributed by atoms with Crippen LogP contribution in [0.15, 0.2) is 29.4 Å². The van der Waals surface area contributed by atoms with Crippen molar-refractivity contribution in [2.75, 3.05) is 6.54 Å². The lowest BCUT2D eigenvalue weighted by atomic mass is 10.2. The van der Waals surface area contributed by atoms with Gasteiger partial charge < -0.3 is 5.11 Å². The van der Waals surface area contributed by atoms with Crippen LogP contribution in [0, 0.1) is 5.82 Å². The van der Waals surface area contributed by atoms with Gasteiger partial charge in [0.25, 0.3) is 0 Å². The quantitative estimate of drug-likeness (QED) is 0.447. The van der Waals surface area contributed by atoms with Crippen LogP contribution in [0.1, 0.15) is 5.56 Å². The highest BCUT2D eigenvalue weighted by Crippen LogP contribution is 2.19. The molecule has 0 bridgehead atoms. The number of azide groups is 1. The minimum Gasteiger partial charge on any atom is -0.507 e. The van der Waals surface area contributed by atoms with Crippen molar-refractivity contribution in [2.45, 2.75) is 0 Å². The summed E-state index contributed by atoms with van der Waals surface area (Å²) in [5.74, 6) is -0.628. The van der Waals surface area contributed by atoms with E-state index in [9.17, 15) is 9.50 Å². The third-order valence-electron chi connectivity index (χ3n) is 1.54. The van der Waals surface area contributed by atoms with Gasteiger partial charge in [0.1, 0.15) is 11.6 Å². The Morgan fingerprint density at radius 2 is 2.36 bits per heavy atom. The van der Waals surface area contributed by atoms with Crippen molar-refractivity contribution in [1.29, 1.82) is 0 Å². The predicted molar refractivity (Wildman–Crippen MR) is 51.1 cm³/mol. The van der Waals surface area contributed by atoms with Gasteiger partial charge in [-0.3, -0.25) is 0 Å². The zero-order valence-electron chi connectivity index (χ0n) is 7.26. The number of hydrogen-bond acceptors (Lipinski definition) is 2. The molecular formula is C9H8FN3O. The van der Waals surface area contributed by atoms with Crippen LogP contribution >= 0.6 is 0 Å². The monoisotopic (exact) mass is 193 g/mol. The summed E-state index contributed by atoms with van der Waals surface area (Å²) in [6.45, 7) is 0.202. The second-order valence-electron chi connectivity index (χ2n) is 2.52. The van der Waals surface area contributed by atoms with E-state index in [0.717, 1.165) is 6.07 Å². The SMILES string of the molecule is [N-]=[N+]=NCC=Cc1ccc(F)cc1O. The fourth-order valence-electron chi connectivity index (χ4n) is 0.921. The lowest BCUT2D eigenvalue weighted by Crippen LogP contribution is -1.78. The Kier molecular flexibility index (Phi) is 3.52. The van der Waals surface area contributed by atoms with Crippen molar-refractivity contribution in [3.8, 4) is 5.75 Å². The van der Waals surface area contributed by atoms with Gasteiger partial charge in [-0.05, 0) is 17.7 Å². The highest BCUT2D eigenvalue weighted by atomic mass is 19.1. The van der Waals surface area contributed by atoms with E-state index in [1.807, 2.05) is 0 Å². The molecule has 0 radical (unpaired) electrons.